The van der Waals surface area contributed by atoms with Gasteiger partial charge < -0.3 is 5.32 Å². The van der Waals surface area contributed by atoms with Gasteiger partial charge in [-0.25, -0.2) is 0 Å². The van der Waals surface area contributed by atoms with Crippen LogP contribution in [0.15, 0.2) is 109 Å². The van der Waals surface area contributed by atoms with Crippen LogP contribution in [0.4, 0.5) is 11.4 Å². The number of nitrogens with one attached hydrogen (secondary N) is 1. The average molecular weight is 378 g/mol. The smallest absolute Gasteiger partial charge is 0.0387 e. The Morgan fingerprint density at radius 1 is 0.793 bits per heavy atom. The van der Waals surface area contributed by atoms with Gasteiger partial charge in [-0.2, -0.15) is 0 Å². The third kappa shape index (κ3) is 4.09. The van der Waals surface area contributed by atoms with Gasteiger partial charge in [-0.1, -0.05) is 93.3 Å². The minimum Gasteiger partial charge on any atom is -0.356 e. The highest BCUT2D eigenvalue weighted by Gasteiger charge is 2.26. The minimum atomic E-state index is -0.118. The minimum absolute atomic E-state index is 0.118. The van der Waals surface area contributed by atoms with Crippen LogP contribution in [0, 0.1) is 0 Å². The molecule has 0 saturated heterocycles. The van der Waals surface area contributed by atoms with Crippen LogP contribution in [-0.2, 0) is 11.8 Å². The molecule has 0 atom stereocenters. The SMILES string of the molecule is C=C1/C=C\C=C/Cc2ccc(Nc3ccc(-c4ccccc4)cc3)cc2C1(C)C. The zero-order valence-electron chi connectivity index (χ0n) is 17.2. The number of fused-ring (bicyclic) bond motifs is 1. The first kappa shape index (κ1) is 19.0. The largest absolute Gasteiger partial charge is 0.356 e. The third-order valence-electron chi connectivity index (χ3n) is 5.75. The standard InChI is InChI=1S/C28H27N/c1-21-10-6-4-9-13-24-16-19-26(20-27(24)28(21,2)3)29-25-17-14-23(15-18-25)22-11-7-5-8-12-22/h4-12,14-20,29H,1,13H2,2-3H3/b9-4-,10-6-. The normalized spacial score (nSPS) is 17.4. The molecule has 1 nitrogen and oxygen atoms in total. The summed E-state index contributed by atoms with van der Waals surface area (Å²) in [5.41, 5.74) is 8.32. The van der Waals surface area contributed by atoms with Gasteiger partial charge >= 0.3 is 0 Å². The third-order valence-corrected chi connectivity index (χ3v) is 5.75. The number of hydrogen-bond donors (Lipinski definition) is 1. The molecule has 1 N–H and O–H groups in total. The van der Waals surface area contributed by atoms with Gasteiger partial charge in [0.2, 0.25) is 0 Å². The van der Waals surface area contributed by atoms with Gasteiger partial charge in [-0.3, -0.25) is 0 Å². The summed E-state index contributed by atoms with van der Waals surface area (Å²) in [5, 5.41) is 3.57. The van der Waals surface area contributed by atoms with Gasteiger partial charge in [0, 0.05) is 16.8 Å². The van der Waals surface area contributed by atoms with Gasteiger partial charge in [-0.05, 0) is 58.5 Å². The first-order valence-corrected chi connectivity index (χ1v) is 10.1. The van der Waals surface area contributed by atoms with Crippen LogP contribution in [-0.4, -0.2) is 0 Å². The molecule has 144 valence electrons. The Morgan fingerprint density at radius 2 is 1.48 bits per heavy atom. The Labute approximate surface area is 174 Å². The van der Waals surface area contributed by atoms with Crippen molar-refractivity contribution in [1.29, 1.82) is 0 Å². The van der Waals surface area contributed by atoms with E-state index in [-0.39, 0.29) is 5.41 Å². The first-order chi connectivity index (χ1) is 14.0. The van der Waals surface area contributed by atoms with Gasteiger partial charge in [0.05, 0.1) is 0 Å². The lowest BCUT2D eigenvalue weighted by molar-refractivity contribution is 0.635. The highest BCUT2D eigenvalue weighted by atomic mass is 14.9. The molecule has 0 amide bonds. The Hall–Kier alpha value is -3.32. The van der Waals surface area contributed by atoms with E-state index >= 15 is 0 Å². The number of rotatable bonds is 3. The molecule has 1 aliphatic carbocycles. The van der Waals surface area contributed by atoms with E-state index in [9.17, 15) is 0 Å². The Bertz CT molecular complexity index is 1070. The summed E-state index contributed by atoms with van der Waals surface area (Å²) in [7, 11) is 0. The Kier molecular flexibility index (Phi) is 5.22. The van der Waals surface area contributed by atoms with Crippen molar-refractivity contribution in [3.8, 4) is 11.1 Å². The lowest BCUT2D eigenvalue weighted by atomic mass is 9.75. The molecular weight excluding hydrogens is 350 g/mol. The summed E-state index contributed by atoms with van der Waals surface area (Å²) < 4.78 is 0. The maximum absolute atomic E-state index is 4.32. The van der Waals surface area contributed by atoms with Crippen molar-refractivity contribution in [2.24, 2.45) is 0 Å². The summed E-state index contributed by atoms with van der Waals surface area (Å²) in [4.78, 5) is 0. The van der Waals surface area contributed by atoms with Gasteiger partial charge in [0.15, 0.2) is 0 Å². The van der Waals surface area contributed by atoms with E-state index in [1.807, 2.05) is 6.07 Å². The van der Waals surface area contributed by atoms with Crippen LogP contribution >= 0.6 is 0 Å². The average Bonchev–Trinajstić information content (AvgIpc) is 2.79. The molecular formula is C28H27N. The van der Waals surface area contributed by atoms with Crippen LogP contribution in [0.3, 0.4) is 0 Å². The number of allylic oxidation sites excluding steroid dienone is 5. The summed E-state index contributed by atoms with van der Waals surface area (Å²) in [5.74, 6) is 0. The molecule has 4 rings (SSSR count). The highest BCUT2D eigenvalue weighted by molar-refractivity contribution is 5.69. The van der Waals surface area contributed by atoms with E-state index in [2.05, 4.69) is 117 Å². The highest BCUT2D eigenvalue weighted by Crippen LogP contribution is 2.36. The molecule has 0 radical (unpaired) electrons. The molecule has 1 aliphatic rings. The fourth-order valence-corrected chi connectivity index (χ4v) is 3.78. The van der Waals surface area contributed by atoms with Crippen LogP contribution in [0.2, 0.25) is 0 Å². The van der Waals surface area contributed by atoms with Crippen molar-refractivity contribution < 1.29 is 0 Å². The first-order valence-electron chi connectivity index (χ1n) is 10.1. The second-order valence-electron chi connectivity index (χ2n) is 8.08. The summed E-state index contributed by atoms with van der Waals surface area (Å²) in [6, 6.07) is 25.7. The molecule has 0 spiro atoms. The van der Waals surface area contributed by atoms with Crippen molar-refractivity contribution in [1.82, 2.24) is 0 Å². The molecule has 0 saturated carbocycles. The van der Waals surface area contributed by atoms with Crippen molar-refractivity contribution >= 4 is 11.4 Å². The van der Waals surface area contributed by atoms with E-state index in [0.717, 1.165) is 23.4 Å². The van der Waals surface area contributed by atoms with Crippen molar-refractivity contribution in [3.05, 3.63) is 120 Å². The van der Waals surface area contributed by atoms with E-state index in [4.69, 9.17) is 0 Å². The quantitative estimate of drug-likeness (QED) is 0.495. The Morgan fingerprint density at radius 3 is 2.24 bits per heavy atom. The molecule has 0 aliphatic heterocycles. The fraction of sp³-hybridized carbons (Fsp3) is 0.143. The van der Waals surface area contributed by atoms with E-state index in [1.165, 1.54) is 22.3 Å². The lowest BCUT2D eigenvalue weighted by Crippen LogP contribution is -2.21. The van der Waals surface area contributed by atoms with Gasteiger partial charge in [-0.15, -0.1) is 0 Å². The summed E-state index contributed by atoms with van der Waals surface area (Å²) >= 11 is 0. The summed E-state index contributed by atoms with van der Waals surface area (Å²) in [6.07, 6.45) is 9.45. The molecule has 0 unspecified atom stereocenters. The number of hydrogen-bond acceptors (Lipinski definition) is 1. The maximum atomic E-state index is 4.32. The second kappa shape index (κ2) is 7.97. The number of benzene rings is 3. The van der Waals surface area contributed by atoms with Crippen molar-refractivity contribution in [2.45, 2.75) is 25.7 Å². The topological polar surface area (TPSA) is 12.0 Å². The zero-order chi connectivity index (χ0) is 20.3. The Balaban J connectivity index is 1.62. The van der Waals surface area contributed by atoms with Crippen LogP contribution < -0.4 is 5.32 Å². The van der Waals surface area contributed by atoms with E-state index < -0.39 is 0 Å². The zero-order valence-corrected chi connectivity index (χ0v) is 17.2. The lowest BCUT2D eigenvalue weighted by Gasteiger charge is -2.29. The molecule has 3 aromatic carbocycles. The van der Waals surface area contributed by atoms with Crippen molar-refractivity contribution in [3.63, 3.8) is 0 Å². The van der Waals surface area contributed by atoms with Gasteiger partial charge in [0.1, 0.15) is 0 Å². The van der Waals surface area contributed by atoms with Gasteiger partial charge in [0.25, 0.3) is 0 Å². The van der Waals surface area contributed by atoms with Crippen LogP contribution in [0.5, 0.6) is 0 Å². The fourth-order valence-electron chi connectivity index (χ4n) is 3.78. The summed E-state index contributed by atoms with van der Waals surface area (Å²) in [6.45, 7) is 8.82. The van der Waals surface area contributed by atoms with Crippen molar-refractivity contribution in [2.75, 3.05) is 5.32 Å². The molecule has 0 aromatic heterocycles. The monoisotopic (exact) mass is 377 g/mol. The molecule has 29 heavy (non-hydrogen) atoms. The van der Waals surface area contributed by atoms with E-state index in [0.29, 0.717) is 0 Å². The molecule has 1 heteroatoms. The predicted molar refractivity (Wildman–Crippen MR) is 126 cm³/mol. The molecule has 0 fully saturated rings. The maximum Gasteiger partial charge on any atom is 0.0387 e. The van der Waals surface area contributed by atoms with E-state index in [1.54, 1.807) is 0 Å². The predicted octanol–water partition coefficient (Wildman–Crippen LogP) is 7.60. The molecule has 0 bridgehead atoms. The molecule has 0 heterocycles. The number of anilines is 2. The van der Waals surface area contributed by atoms with Crippen LogP contribution in [0.25, 0.3) is 11.1 Å². The molecule has 3 aromatic rings. The van der Waals surface area contributed by atoms with Crippen LogP contribution in [0.1, 0.15) is 25.0 Å². The second-order valence-corrected chi connectivity index (χ2v) is 8.08.